The monoisotopic (exact) mass is 267 g/mol. The molecule has 0 aliphatic carbocycles. The molecule has 2 rings (SSSR count). The number of carbonyl (C=O) groups is 1. The van der Waals surface area contributed by atoms with E-state index in [2.05, 4.69) is 10.1 Å². The number of aliphatic hydroxyl groups is 1. The molecular weight excluding hydrogens is 246 g/mol. The van der Waals surface area contributed by atoms with Crippen LogP contribution in [0.3, 0.4) is 0 Å². The van der Waals surface area contributed by atoms with Crippen molar-refractivity contribution < 1.29 is 14.4 Å². The summed E-state index contributed by atoms with van der Waals surface area (Å²) in [6, 6.07) is 0. The van der Waals surface area contributed by atoms with E-state index in [0.717, 1.165) is 26.1 Å². The average Bonchev–Trinajstić information content (AvgIpc) is 2.61. The Bertz CT molecular complexity index is 425. The van der Waals surface area contributed by atoms with Crippen molar-refractivity contribution in [3.63, 3.8) is 0 Å². The van der Waals surface area contributed by atoms with Gasteiger partial charge in [0, 0.05) is 26.2 Å². The maximum absolute atomic E-state index is 12.5. The lowest BCUT2D eigenvalue weighted by Gasteiger charge is -2.21. The number of amides is 1. The van der Waals surface area contributed by atoms with Crippen LogP contribution in [0, 0.1) is 13.8 Å². The molecule has 1 N–H and O–H groups in total. The number of aryl methyl sites for hydroxylation is 2. The van der Waals surface area contributed by atoms with Gasteiger partial charge < -0.3 is 14.5 Å². The number of hydrogen-bond donors (Lipinski definition) is 1. The Morgan fingerprint density at radius 3 is 2.74 bits per heavy atom. The highest BCUT2D eigenvalue weighted by molar-refractivity contribution is 5.96. The number of β-amino-alcohol motifs (C(OH)–C–C–N with tert-alkyl or cyclic N) is 1. The van der Waals surface area contributed by atoms with Gasteiger partial charge >= 0.3 is 0 Å². The molecule has 6 heteroatoms. The molecule has 0 bridgehead atoms. The van der Waals surface area contributed by atoms with Crippen LogP contribution < -0.4 is 0 Å². The summed E-state index contributed by atoms with van der Waals surface area (Å²) < 4.78 is 5.06. The van der Waals surface area contributed by atoms with Gasteiger partial charge in [0.05, 0.1) is 12.3 Å². The molecule has 1 amide bonds. The second-order valence-electron chi connectivity index (χ2n) is 4.91. The van der Waals surface area contributed by atoms with Gasteiger partial charge in [-0.05, 0) is 26.8 Å². The van der Waals surface area contributed by atoms with Crippen LogP contribution in [-0.2, 0) is 0 Å². The van der Waals surface area contributed by atoms with Crippen molar-refractivity contribution in [1.82, 2.24) is 15.0 Å². The Morgan fingerprint density at radius 1 is 1.32 bits per heavy atom. The van der Waals surface area contributed by atoms with Crippen molar-refractivity contribution >= 4 is 5.91 Å². The van der Waals surface area contributed by atoms with Gasteiger partial charge in [-0.2, -0.15) is 0 Å². The highest BCUT2D eigenvalue weighted by Crippen LogP contribution is 2.16. The van der Waals surface area contributed by atoms with Gasteiger partial charge in [-0.15, -0.1) is 0 Å². The third-order valence-corrected chi connectivity index (χ3v) is 3.54. The zero-order valence-corrected chi connectivity index (χ0v) is 11.6. The molecular formula is C13H21N3O3. The molecule has 106 valence electrons. The highest BCUT2D eigenvalue weighted by atomic mass is 16.5. The lowest BCUT2D eigenvalue weighted by Crippen LogP contribution is -2.36. The second kappa shape index (κ2) is 6.16. The van der Waals surface area contributed by atoms with Crippen LogP contribution in [-0.4, -0.2) is 65.3 Å². The zero-order chi connectivity index (χ0) is 13.8. The molecule has 1 aromatic heterocycles. The van der Waals surface area contributed by atoms with Crippen molar-refractivity contribution in [3.8, 4) is 0 Å². The number of hydrogen-bond acceptors (Lipinski definition) is 5. The topological polar surface area (TPSA) is 69.8 Å². The molecule has 0 aromatic carbocycles. The lowest BCUT2D eigenvalue weighted by atomic mass is 10.1. The minimum absolute atomic E-state index is 0.00194. The molecule has 1 aromatic rings. The van der Waals surface area contributed by atoms with Gasteiger partial charge in [0.15, 0.2) is 0 Å². The predicted molar refractivity (Wildman–Crippen MR) is 70.0 cm³/mol. The van der Waals surface area contributed by atoms with Crippen LogP contribution in [0.15, 0.2) is 4.52 Å². The summed E-state index contributed by atoms with van der Waals surface area (Å²) in [5.41, 5.74) is 1.24. The van der Waals surface area contributed by atoms with Gasteiger partial charge in [-0.3, -0.25) is 9.69 Å². The first-order chi connectivity index (χ1) is 9.13. The Hall–Kier alpha value is -1.40. The molecule has 0 atom stereocenters. The zero-order valence-electron chi connectivity index (χ0n) is 11.6. The minimum atomic E-state index is 0.00194. The Labute approximate surface area is 113 Å². The van der Waals surface area contributed by atoms with Gasteiger partial charge in [-0.1, -0.05) is 5.16 Å². The third-order valence-electron chi connectivity index (χ3n) is 3.54. The van der Waals surface area contributed by atoms with Gasteiger partial charge in [0.1, 0.15) is 11.3 Å². The van der Waals surface area contributed by atoms with Gasteiger partial charge in [0.25, 0.3) is 5.91 Å². The van der Waals surface area contributed by atoms with Gasteiger partial charge in [0.2, 0.25) is 0 Å². The van der Waals surface area contributed by atoms with Crippen LogP contribution in [0.2, 0.25) is 0 Å². The molecule has 1 fully saturated rings. The fourth-order valence-corrected chi connectivity index (χ4v) is 2.49. The number of aromatic nitrogens is 1. The Balaban J connectivity index is 2.04. The van der Waals surface area contributed by atoms with Crippen LogP contribution in [0.1, 0.15) is 28.2 Å². The minimum Gasteiger partial charge on any atom is -0.395 e. The standard InChI is InChI=1S/C13H21N3O3/c1-10-12(11(2)19-14-10)13(18)16-5-3-4-15(6-7-16)8-9-17/h17H,3-9H2,1-2H3. The van der Waals surface area contributed by atoms with E-state index >= 15 is 0 Å². The van der Waals surface area contributed by atoms with Crippen molar-refractivity contribution in [1.29, 1.82) is 0 Å². The summed E-state index contributed by atoms with van der Waals surface area (Å²) in [4.78, 5) is 16.5. The van der Waals surface area contributed by atoms with Crippen LogP contribution in [0.4, 0.5) is 0 Å². The molecule has 1 aliphatic heterocycles. The smallest absolute Gasteiger partial charge is 0.259 e. The van der Waals surface area contributed by atoms with Crippen molar-refractivity contribution in [2.45, 2.75) is 20.3 Å². The van der Waals surface area contributed by atoms with E-state index in [1.807, 2.05) is 4.90 Å². The average molecular weight is 267 g/mol. The fourth-order valence-electron chi connectivity index (χ4n) is 2.49. The molecule has 0 saturated carbocycles. The number of nitrogens with zero attached hydrogens (tertiary/aromatic N) is 3. The molecule has 2 heterocycles. The number of rotatable bonds is 3. The maximum Gasteiger partial charge on any atom is 0.259 e. The van der Waals surface area contributed by atoms with E-state index in [1.54, 1.807) is 13.8 Å². The van der Waals surface area contributed by atoms with Gasteiger partial charge in [-0.25, -0.2) is 0 Å². The first kappa shape index (κ1) is 14.0. The first-order valence-electron chi connectivity index (χ1n) is 6.69. The molecule has 1 aliphatic rings. The quantitative estimate of drug-likeness (QED) is 0.860. The second-order valence-corrected chi connectivity index (χ2v) is 4.91. The summed E-state index contributed by atoms with van der Waals surface area (Å²) in [5.74, 6) is 0.584. The Morgan fingerprint density at radius 2 is 2.11 bits per heavy atom. The lowest BCUT2D eigenvalue weighted by molar-refractivity contribution is 0.0758. The van der Waals surface area contributed by atoms with Crippen molar-refractivity contribution in [2.75, 3.05) is 39.3 Å². The van der Waals surface area contributed by atoms with E-state index in [-0.39, 0.29) is 12.5 Å². The molecule has 0 radical (unpaired) electrons. The van der Waals surface area contributed by atoms with E-state index in [0.29, 0.717) is 30.1 Å². The molecule has 0 unspecified atom stereocenters. The van der Waals surface area contributed by atoms with Crippen LogP contribution in [0.25, 0.3) is 0 Å². The normalized spacial score (nSPS) is 17.5. The highest BCUT2D eigenvalue weighted by Gasteiger charge is 2.25. The van der Waals surface area contributed by atoms with Crippen molar-refractivity contribution in [3.05, 3.63) is 17.0 Å². The van der Waals surface area contributed by atoms with E-state index in [1.165, 1.54) is 0 Å². The molecule has 19 heavy (non-hydrogen) atoms. The van der Waals surface area contributed by atoms with E-state index in [4.69, 9.17) is 9.63 Å². The van der Waals surface area contributed by atoms with Crippen molar-refractivity contribution in [2.24, 2.45) is 0 Å². The summed E-state index contributed by atoms with van der Waals surface area (Å²) in [6.45, 7) is 7.54. The summed E-state index contributed by atoms with van der Waals surface area (Å²) in [7, 11) is 0. The van der Waals surface area contributed by atoms with E-state index in [9.17, 15) is 4.79 Å². The van der Waals surface area contributed by atoms with Crippen LogP contribution >= 0.6 is 0 Å². The number of carbonyl (C=O) groups excluding carboxylic acids is 1. The maximum atomic E-state index is 12.5. The van der Waals surface area contributed by atoms with E-state index < -0.39 is 0 Å². The fraction of sp³-hybridized carbons (Fsp3) is 0.692. The summed E-state index contributed by atoms with van der Waals surface area (Å²) in [5, 5.41) is 12.8. The third kappa shape index (κ3) is 3.13. The SMILES string of the molecule is Cc1noc(C)c1C(=O)N1CCCN(CCO)CC1. The Kier molecular flexibility index (Phi) is 4.55. The largest absolute Gasteiger partial charge is 0.395 e. The summed E-state index contributed by atoms with van der Waals surface area (Å²) >= 11 is 0. The molecule has 1 saturated heterocycles. The predicted octanol–water partition coefficient (Wildman–Crippen LogP) is 0.432. The summed E-state index contributed by atoms with van der Waals surface area (Å²) in [6.07, 6.45) is 0.926. The first-order valence-corrected chi connectivity index (χ1v) is 6.69. The molecule has 6 nitrogen and oxygen atoms in total. The number of aliphatic hydroxyl groups excluding tert-OH is 1. The molecule has 0 spiro atoms. The van der Waals surface area contributed by atoms with Crippen LogP contribution in [0.5, 0.6) is 0 Å².